The second-order valence-electron chi connectivity index (χ2n) is 5.08. The van der Waals surface area contributed by atoms with Gasteiger partial charge in [-0.1, -0.05) is 0 Å². The van der Waals surface area contributed by atoms with Crippen LogP contribution < -0.4 is 0 Å². The minimum Gasteiger partial charge on any atom is -0.444 e. The van der Waals surface area contributed by atoms with Gasteiger partial charge in [-0.05, 0) is 27.7 Å². The van der Waals surface area contributed by atoms with E-state index in [0.717, 1.165) is 0 Å². The average molecular weight is 231 g/mol. The first-order chi connectivity index (χ1) is 7.29. The lowest BCUT2D eigenvalue weighted by molar-refractivity contribution is -0.0841. The van der Waals surface area contributed by atoms with Gasteiger partial charge in [-0.25, -0.2) is 4.79 Å². The first-order valence-corrected chi connectivity index (χ1v) is 5.57. The van der Waals surface area contributed by atoms with E-state index in [1.165, 1.54) is 0 Å². The van der Waals surface area contributed by atoms with Crippen LogP contribution in [0.2, 0.25) is 0 Å². The zero-order valence-corrected chi connectivity index (χ0v) is 10.4. The van der Waals surface area contributed by atoms with E-state index >= 15 is 0 Å². The van der Waals surface area contributed by atoms with Crippen molar-refractivity contribution in [1.29, 1.82) is 0 Å². The summed E-state index contributed by atoms with van der Waals surface area (Å²) < 4.78 is 10.6. The molecule has 1 fully saturated rings. The molecule has 0 saturated carbocycles. The first kappa shape index (κ1) is 13.3. The van der Waals surface area contributed by atoms with E-state index in [2.05, 4.69) is 0 Å². The van der Waals surface area contributed by atoms with Crippen molar-refractivity contribution < 1.29 is 19.4 Å². The van der Waals surface area contributed by atoms with Crippen LogP contribution in [0.25, 0.3) is 0 Å². The van der Waals surface area contributed by atoms with Crippen LogP contribution in [0.1, 0.15) is 27.7 Å². The fourth-order valence-corrected chi connectivity index (χ4v) is 1.46. The Hall–Kier alpha value is -0.810. The van der Waals surface area contributed by atoms with Gasteiger partial charge in [-0.2, -0.15) is 0 Å². The summed E-state index contributed by atoms with van der Waals surface area (Å²) in [6.07, 6.45) is -1.24. The number of amides is 1. The lowest BCUT2D eigenvalue weighted by Gasteiger charge is -2.35. The second kappa shape index (κ2) is 5.01. The molecule has 1 heterocycles. The maximum absolute atomic E-state index is 11.7. The van der Waals surface area contributed by atoms with Crippen LogP contribution in [-0.4, -0.2) is 53.6 Å². The lowest BCUT2D eigenvalue weighted by Crippen LogP contribution is -2.50. The van der Waals surface area contributed by atoms with Crippen molar-refractivity contribution in [3.8, 4) is 0 Å². The SMILES string of the molecule is C[C@@H](O)[C@H]1CN(C(=O)OC(C)(C)C)CCO1. The van der Waals surface area contributed by atoms with Crippen molar-refractivity contribution >= 4 is 6.09 Å². The number of carbonyl (C=O) groups is 1. The number of nitrogens with zero attached hydrogens (tertiary/aromatic N) is 1. The summed E-state index contributed by atoms with van der Waals surface area (Å²) in [5, 5.41) is 9.41. The van der Waals surface area contributed by atoms with Gasteiger partial charge in [-0.3, -0.25) is 0 Å². The van der Waals surface area contributed by atoms with Crippen molar-refractivity contribution in [1.82, 2.24) is 4.90 Å². The Labute approximate surface area is 96.3 Å². The number of aliphatic hydroxyl groups is 1. The molecule has 1 aliphatic heterocycles. The maximum Gasteiger partial charge on any atom is 0.410 e. The van der Waals surface area contributed by atoms with Crippen LogP contribution in [0.15, 0.2) is 0 Å². The molecule has 94 valence electrons. The van der Waals surface area contributed by atoms with Crippen LogP contribution in [0.3, 0.4) is 0 Å². The molecule has 1 saturated heterocycles. The van der Waals surface area contributed by atoms with E-state index in [1.807, 2.05) is 20.8 Å². The highest BCUT2D eigenvalue weighted by molar-refractivity contribution is 5.68. The van der Waals surface area contributed by atoms with Gasteiger partial charge in [0, 0.05) is 6.54 Å². The number of aliphatic hydroxyl groups excluding tert-OH is 1. The van der Waals surface area contributed by atoms with Gasteiger partial charge >= 0.3 is 6.09 Å². The van der Waals surface area contributed by atoms with Crippen LogP contribution in [0.5, 0.6) is 0 Å². The Morgan fingerprint density at radius 3 is 2.69 bits per heavy atom. The molecule has 1 aliphatic rings. The molecular weight excluding hydrogens is 210 g/mol. The van der Waals surface area contributed by atoms with E-state index in [9.17, 15) is 9.90 Å². The molecule has 1 amide bonds. The number of hydrogen-bond donors (Lipinski definition) is 1. The summed E-state index contributed by atoms with van der Waals surface area (Å²) in [6.45, 7) is 8.48. The largest absolute Gasteiger partial charge is 0.444 e. The quantitative estimate of drug-likeness (QED) is 0.731. The molecule has 0 unspecified atom stereocenters. The normalized spacial score (nSPS) is 24.1. The van der Waals surface area contributed by atoms with Gasteiger partial charge in [-0.15, -0.1) is 0 Å². The average Bonchev–Trinajstić information content (AvgIpc) is 2.15. The van der Waals surface area contributed by atoms with E-state index < -0.39 is 11.7 Å². The van der Waals surface area contributed by atoms with Crippen LogP contribution in [0, 0.1) is 0 Å². The summed E-state index contributed by atoms with van der Waals surface area (Å²) in [6, 6.07) is 0. The summed E-state index contributed by atoms with van der Waals surface area (Å²) >= 11 is 0. The van der Waals surface area contributed by atoms with Crippen molar-refractivity contribution in [2.45, 2.75) is 45.5 Å². The monoisotopic (exact) mass is 231 g/mol. The highest BCUT2D eigenvalue weighted by atomic mass is 16.6. The summed E-state index contributed by atoms with van der Waals surface area (Å²) in [5.74, 6) is 0. The van der Waals surface area contributed by atoms with Crippen molar-refractivity contribution in [3.05, 3.63) is 0 Å². The molecule has 0 aromatic carbocycles. The van der Waals surface area contributed by atoms with Crippen LogP contribution in [-0.2, 0) is 9.47 Å². The van der Waals surface area contributed by atoms with Gasteiger partial charge < -0.3 is 19.5 Å². The first-order valence-electron chi connectivity index (χ1n) is 5.57. The molecule has 5 nitrogen and oxygen atoms in total. The molecule has 0 aliphatic carbocycles. The van der Waals surface area contributed by atoms with Crippen molar-refractivity contribution in [2.75, 3.05) is 19.7 Å². The Morgan fingerprint density at radius 1 is 1.56 bits per heavy atom. The molecule has 5 heteroatoms. The molecule has 0 aromatic heterocycles. The van der Waals surface area contributed by atoms with Gasteiger partial charge in [0.2, 0.25) is 0 Å². The third-order valence-corrected chi connectivity index (χ3v) is 2.28. The van der Waals surface area contributed by atoms with E-state index in [-0.39, 0.29) is 12.2 Å². The Morgan fingerprint density at radius 2 is 2.19 bits per heavy atom. The maximum atomic E-state index is 11.7. The molecule has 16 heavy (non-hydrogen) atoms. The minimum absolute atomic E-state index is 0.318. The smallest absolute Gasteiger partial charge is 0.410 e. The Kier molecular flexibility index (Phi) is 4.15. The van der Waals surface area contributed by atoms with Gasteiger partial charge in [0.15, 0.2) is 0 Å². The topological polar surface area (TPSA) is 59.0 Å². The molecule has 0 radical (unpaired) electrons. The number of ether oxygens (including phenoxy) is 2. The molecule has 0 aromatic rings. The van der Waals surface area contributed by atoms with Crippen LogP contribution in [0.4, 0.5) is 4.79 Å². The molecule has 0 spiro atoms. The number of hydrogen-bond acceptors (Lipinski definition) is 4. The second-order valence-corrected chi connectivity index (χ2v) is 5.08. The fraction of sp³-hybridized carbons (Fsp3) is 0.909. The summed E-state index contributed by atoms with van der Waals surface area (Å²) in [5.41, 5.74) is -0.490. The van der Waals surface area contributed by atoms with E-state index in [0.29, 0.717) is 19.7 Å². The van der Waals surface area contributed by atoms with Crippen LogP contribution >= 0.6 is 0 Å². The van der Waals surface area contributed by atoms with E-state index in [4.69, 9.17) is 9.47 Å². The van der Waals surface area contributed by atoms with Gasteiger partial charge in [0.1, 0.15) is 11.7 Å². The van der Waals surface area contributed by atoms with E-state index in [1.54, 1.807) is 11.8 Å². The summed E-state index contributed by atoms with van der Waals surface area (Å²) in [7, 11) is 0. The van der Waals surface area contributed by atoms with Crippen molar-refractivity contribution in [2.24, 2.45) is 0 Å². The standard InChI is InChI=1S/C11H21NO4/c1-8(13)9-7-12(5-6-15-9)10(14)16-11(2,3)4/h8-9,13H,5-7H2,1-4H3/t8-,9-/m1/s1. The molecule has 1 rings (SSSR count). The highest BCUT2D eigenvalue weighted by Crippen LogP contribution is 2.14. The predicted octanol–water partition coefficient (Wildman–Crippen LogP) is 1.00. The Bertz CT molecular complexity index is 247. The number of carbonyl (C=O) groups excluding carboxylic acids is 1. The predicted molar refractivity (Wildman–Crippen MR) is 59.2 cm³/mol. The zero-order valence-electron chi connectivity index (χ0n) is 10.4. The molecule has 0 bridgehead atoms. The lowest BCUT2D eigenvalue weighted by atomic mass is 10.2. The number of rotatable bonds is 1. The minimum atomic E-state index is -0.578. The summed E-state index contributed by atoms with van der Waals surface area (Å²) in [4.78, 5) is 13.3. The van der Waals surface area contributed by atoms with Gasteiger partial charge in [0.25, 0.3) is 0 Å². The third-order valence-electron chi connectivity index (χ3n) is 2.28. The van der Waals surface area contributed by atoms with Gasteiger partial charge in [0.05, 0.1) is 19.3 Å². The number of morpholine rings is 1. The molecular formula is C11H21NO4. The highest BCUT2D eigenvalue weighted by Gasteiger charge is 2.29. The fourth-order valence-electron chi connectivity index (χ4n) is 1.46. The zero-order chi connectivity index (χ0) is 12.3. The third kappa shape index (κ3) is 3.98. The van der Waals surface area contributed by atoms with Crippen molar-refractivity contribution in [3.63, 3.8) is 0 Å². The molecule has 1 N–H and O–H groups in total. The molecule has 2 atom stereocenters. The Balaban J connectivity index is 2.50.